The maximum atomic E-state index is 12.4. The number of furan rings is 1. The fourth-order valence-electron chi connectivity index (χ4n) is 1.83. The number of nitrogen functional groups attached to an aromatic ring is 1. The van der Waals surface area contributed by atoms with E-state index in [1.54, 1.807) is 38.1 Å². The number of ether oxygens (including phenoxy) is 1. The predicted octanol–water partition coefficient (Wildman–Crippen LogP) is 2.05. The highest BCUT2D eigenvalue weighted by Crippen LogP contribution is 2.26. The molecule has 0 aliphatic carbocycles. The Balaban J connectivity index is 2.24. The van der Waals surface area contributed by atoms with Crippen LogP contribution in [0.3, 0.4) is 0 Å². The molecule has 0 saturated carbocycles. The zero-order chi connectivity index (χ0) is 15.5. The van der Waals surface area contributed by atoms with Gasteiger partial charge in [0.25, 0.3) is 0 Å². The number of hydrogen-bond donors (Lipinski definition) is 2. The van der Waals surface area contributed by atoms with Crippen LogP contribution in [0.25, 0.3) is 0 Å². The first-order valence-corrected chi connectivity index (χ1v) is 7.98. The lowest BCUT2D eigenvalue weighted by Crippen LogP contribution is -2.23. The summed E-state index contributed by atoms with van der Waals surface area (Å²) in [7, 11) is -3.74. The topological polar surface area (TPSA) is 94.6 Å². The van der Waals surface area contributed by atoms with Crippen LogP contribution < -0.4 is 15.2 Å². The van der Waals surface area contributed by atoms with Crippen molar-refractivity contribution in [1.82, 2.24) is 4.72 Å². The maximum Gasteiger partial charge on any atom is 0.244 e. The van der Waals surface area contributed by atoms with Gasteiger partial charge >= 0.3 is 0 Å². The highest BCUT2D eigenvalue weighted by atomic mass is 32.2. The Bertz CT molecular complexity index is 722. The standard InChI is InChI=1S/C14H18N2O4S/c1-3-19-13-7-5-11(15)8-14(13)21(17,18)16-9-12-6-4-10(2)20-12/h4-8,16H,3,9,15H2,1-2H3. The second-order valence-corrected chi connectivity index (χ2v) is 6.21. The molecule has 0 bridgehead atoms. The molecule has 0 amide bonds. The smallest absolute Gasteiger partial charge is 0.244 e. The SMILES string of the molecule is CCOc1ccc(N)cc1S(=O)(=O)NCc1ccc(C)o1. The molecular formula is C14H18N2O4S. The van der Waals surface area contributed by atoms with Gasteiger partial charge < -0.3 is 14.9 Å². The highest BCUT2D eigenvalue weighted by Gasteiger charge is 2.20. The normalized spacial score (nSPS) is 11.5. The summed E-state index contributed by atoms with van der Waals surface area (Å²) in [5.74, 6) is 1.54. The van der Waals surface area contributed by atoms with E-state index >= 15 is 0 Å². The van der Waals surface area contributed by atoms with Gasteiger partial charge in [-0.2, -0.15) is 0 Å². The van der Waals surface area contributed by atoms with E-state index in [4.69, 9.17) is 14.9 Å². The molecule has 0 fully saturated rings. The van der Waals surface area contributed by atoms with Crippen LogP contribution in [0.4, 0.5) is 5.69 Å². The summed E-state index contributed by atoms with van der Waals surface area (Å²) in [6.07, 6.45) is 0. The molecule has 3 N–H and O–H groups in total. The molecule has 1 aromatic heterocycles. The molecule has 2 aromatic rings. The molecule has 2 rings (SSSR count). The zero-order valence-corrected chi connectivity index (χ0v) is 12.7. The fourth-order valence-corrected chi connectivity index (χ4v) is 3.00. The van der Waals surface area contributed by atoms with Gasteiger partial charge in [0, 0.05) is 5.69 Å². The van der Waals surface area contributed by atoms with Crippen LogP contribution in [0, 0.1) is 6.92 Å². The number of aryl methyl sites for hydroxylation is 1. The van der Waals surface area contributed by atoms with E-state index in [1.165, 1.54) is 6.07 Å². The van der Waals surface area contributed by atoms with Gasteiger partial charge in [-0.15, -0.1) is 0 Å². The lowest BCUT2D eigenvalue weighted by Gasteiger charge is -2.12. The summed E-state index contributed by atoms with van der Waals surface area (Å²) >= 11 is 0. The Kier molecular flexibility index (Phi) is 4.54. The molecule has 1 aromatic carbocycles. The van der Waals surface area contributed by atoms with Crippen molar-refractivity contribution in [3.8, 4) is 5.75 Å². The third-order valence-corrected chi connectivity index (χ3v) is 4.21. The van der Waals surface area contributed by atoms with Gasteiger partial charge in [-0.05, 0) is 44.2 Å². The third kappa shape index (κ3) is 3.77. The Morgan fingerprint density at radius 2 is 2.05 bits per heavy atom. The van der Waals surface area contributed by atoms with Crippen LogP contribution in [0.5, 0.6) is 5.75 Å². The Morgan fingerprint density at radius 1 is 1.29 bits per heavy atom. The van der Waals surface area contributed by atoms with E-state index in [2.05, 4.69) is 4.72 Å². The van der Waals surface area contributed by atoms with Crippen molar-refractivity contribution in [3.63, 3.8) is 0 Å². The number of hydrogen-bond acceptors (Lipinski definition) is 5. The summed E-state index contributed by atoms with van der Waals surface area (Å²) in [6, 6.07) is 8.02. The van der Waals surface area contributed by atoms with E-state index < -0.39 is 10.0 Å². The van der Waals surface area contributed by atoms with Crippen molar-refractivity contribution in [3.05, 3.63) is 41.9 Å². The third-order valence-electron chi connectivity index (χ3n) is 2.79. The van der Waals surface area contributed by atoms with E-state index in [1.807, 2.05) is 0 Å². The molecule has 7 heteroatoms. The number of nitrogens with two attached hydrogens (primary N) is 1. The second kappa shape index (κ2) is 6.19. The monoisotopic (exact) mass is 310 g/mol. The molecule has 0 atom stereocenters. The molecule has 0 unspecified atom stereocenters. The van der Waals surface area contributed by atoms with Crippen LogP contribution in [0.15, 0.2) is 39.6 Å². The van der Waals surface area contributed by atoms with E-state index in [9.17, 15) is 8.42 Å². The van der Waals surface area contributed by atoms with Gasteiger partial charge in [0.15, 0.2) is 0 Å². The minimum absolute atomic E-state index is 0.0210. The van der Waals surface area contributed by atoms with Crippen LogP contribution in [-0.4, -0.2) is 15.0 Å². The minimum Gasteiger partial charge on any atom is -0.492 e. The first kappa shape index (κ1) is 15.4. The largest absolute Gasteiger partial charge is 0.492 e. The molecule has 0 aliphatic heterocycles. The summed E-state index contributed by atoms with van der Waals surface area (Å²) in [4.78, 5) is 0.0210. The van der Waals surface area contributed by atoms with Crippen LogP contribution >= 0.6 is 0 Å². The molecule has 21 heavy (non-hydrogen) atoms. The number of nitrogens with one attached hydrogen (secondary N) is 1. The molecule has 114 valence electrons. The van der Waals surface area contributed by atoms with Crippen molar-refractivity contribution in [2.75, 3.05) is 12.3 Å². The van der Waals surface area contributed by atoms with Crippen LogP contribution in [0.2, 0.25) is 0 Å². The van der Waals surface area contributed by atoms with Crippen LogP contribution in [0.1, 0.15) is 18.4 Å². The van der Waals surface area contributed by atoms with Gasteiger partial charge in [-0.25, -0.2) is 13.1 Å². The van der Waals surface area contributed by atoms with Crippen molar-refractivity contribution >= 4 is 15.7 Å². The molecule has 0 aliphatic rings. The average Bonchev–Trinajstić information content (AvgIpc) is 2.85. The number of sulfonamides is 1. The van der Waals surface area contributed by atoms with E-state index in [0.29, 0.717) is 18.1 Å². The zero-order valence-electron chi connectivity index (χ0n) is 11.9. The van der Waals surface area contributed by atoms with Crippen LogP contribution in [-0.2, 0) is 16.6 Å². The predicted molar refractivity (Wildman–Crippen MR) is 79.5 cm³/mol. The second-order valence-electron chi connectivity index (χ2n) is 4.48. The maximum absolute atomic E-state index is 12.4. The molecular weight excluding hydrogens is 292 g/mol. The Hall–Kier alpha value is -1.99. The van der Waals surface area contributed by atoms with Crippen molar-refractivity contribution < 1.29 is 17.6 Å². The molecule has 1 heterocycles. The Morgan fingerprint density at radius 3 is 2.67 bits per heavy atom. The van der Waals surface area contributed by atoms with Gasteiger partial charge in [-0.3, -0.25) is 0 Å². The Labute approximate surface area is 124 Å². The first-order chi connectivity index (χ1) is 9.92. The molecule has 0 spiro atoms. The van der Waals surface area contributed by atoms with E-state index in [-0.39, 0.29) is 17.2 Å². The lowest BCUT2D eigenvalue weighted by atomic mass is 10.3. The highest BCUT2D eigenvalue weighted by molar-refractivity contribution is 7.89. The average molecular weight is 310 g/mol. The number of benzene rings is 1. The summed E-state index contributed by atoms with van der Waals surface area (Å²) in [6.45, 7) is 4.01. The summed E-state index contributed by atoms with van der Waals surface area (Å²) in [5.41, 5.74) is 6.02. The van der Waals surface area contributed by atoms with Gasteiger partial charge in [0.2, 0.25) is 10.0 Å². The van der Waals surface area contributed by atoms with Crippen molar-refractivity contribution in [1.29, 1.82) is 0 Å². The molecule has 0 saturated heterocycles. The van der Waals surface area contributed by atoms with Crippen molar-refractivity contribution in [2.45, 2.75) is 25.3 Å². The van der Waals surface area contributed by atoms with E-state index in [0.717, 1.165) is 5.76 Å². The van der Waals surface area contributed by atoms with Gasteiger partial charge in [0.05, 0.1) is 13.2 Å². The summed E-state index contributed by atoms with van der Waals surface area (Å²) < 4.78 is 37.9. The number of rotatable bonds is 6. The van der Waals surface area contributed by atoms with Gasteiger partial charge in [-0.1, -0.05) is 0 Å². The molecule has 6 nitrogen and oxygen atoms in total. The molecule has 0 radical (unpaired) electrons. The fraction of sp³-hybridized carbons (Fsp3) is 0.286. The quantitative estimate of drug-likeness (QED) is 0.796. The van der Waals surface area contributed by atoms with Crippen molar-refractivity contribution in [2.24, 2.45) is 0 Å². The summed E-state index contributed by atoms with van der Waals surface area (Å²) in [5, 5.41) is 0. The number of anilines is 1. The first-order valence-electron chi connectivity index (χ1n) is 6.49. The lowest BCUT2D eigenvalue weighted by molar-refractivity contribution is 0.331. The minimum atomic E-state index is -3.74. The van der Waals surface area contributed by atoms with Gasteiger partial charge in [0.1, 0.15) is 22.2 Å².